The van der Waals surface area contributed by atoms with E-state index in [1.807, 2.05) is 54.6 Å². The summed E-state index contributed by atoms with van der Waals surface area (Å²) < 4.78 is 7.11. The molecular weight excluding hydrogens is 322 g/mol. The molecule has 26 heavy (non-hydrogen) atoms. The molecule has 2 aromatic carbocycles. The van der Waals surface area contributed by atoms with E-state index in [1.165, 1.54) is 37.1 Å². The summed E-state index contributed by atoms with van der Waals surface area (Å²) in [5, 5.41) is 8.54. The molecule has 2 aromatic rings. The van der Waals surface area contributed by atoms with Gasteiger partial charge in [0, 0.05) is 6.07 Å². The quantitative estimate of drug-likeness (QED) is 0.271. The molecule has 0 saturated heterocycles. The van der Waals surface area contributed by atoms with Crippen LogP contribution in [0.4, 0.5) is 11.4 Å². The molecule has 0 spiro atoms. The second-order valence-corrected chi connectivity index (χ2v) is 6.60. The van der Waals surface area contributed by atoms with Gasteiger partial charge in [0.1, 0.15) is 5.75 Å². The first kappa shape index (κ1) is 20.1. The molecule has 140 valence electrons. The molecular formula is C22H32N3O+. The Morgan fingerprint density at radius 2 is 1.42 bits per heavy atom. The lowest BCUT2D eigenvalue weighted by Crippen LogP contribution is -2.48. The van der Waals surface area contributed by atoms with Gasteiger partial charge in [0.05, 0.1) is 44.2 Å². The number of unbranched alkanes of at least 4 members (excludes halogenated alkanes) is 1. The smallest absolute Gasteiger partial charge is 0.121 e. The third-order valence-electron chi connectivity index (χ3n) is 5.16. The van der Waals surface area contributed by atoms with Gasteiger partial charge in [-0.15, -0.1) is 0 Å². The Morgan fingerprint density at radius 3 is 2.12 bits per heavy atom. The molecule has 0 heterocycles. The third-order valence-corrected chi connectivity index (χ3v) is 5.16. The molecule has 0 aliphatic heterocycles. The summed E-state index contributed by atoms with van der Waals surface area (Å²) in [6.07, 6.45) is 2.28. The van der Waals surface area contributed by atoms with Crippen LogP contribution in [0.25, 0.3) is 0 Å². The average Bonchev–Trinajstić information content (AvgIpc) is 2.71. The summed E-state index contributed by atoms with van der Waals surface area (Å²) in [6, 6.07) is 17.6. The van der Waals surface area contributed by atoms with Crippen LogP contribution < -0.4 is 4.74 Å². The van der Waals surface area contributed by atoms with Crippen molar-refractivity contribution < 1.29 is 9.22 Å². The van der Waals surface area contributed by atoms with Crippen molar-refractivity contribution in [2.24, 2.45) is 10.2 Å². The molecule has 2 rings (SSSR count). The Balaban J connectivity index is 1.79. The molecule has 0 aromatic heterocycles. The minimum absolute atomic E-state index is 0.746. The van der Waals surface area contributed by atoms with E-state index < -0.39 is 0 Å². The maximum Gasteiger partial charge on any atom is 0.121 e. The second kappa shape index (κ2) is 10.7. The molecule has 0 aliphatic carbocycles. The van der Waals surface area contributed by atoms with Crippen LogP contribution >= 0.6 is 0 Å². The van der Waals surface area contributed by atoms with Gasteiger partial charge >= 0.3 is 0 Å². The van der Waals surface area contributed by atoms with E-state index in [0.717, 1.165) is 30.2 Å². The van der Waals surface area contributed by atoms with Gasteiger partial charge in [-0.3, -0.25) is 0 Å². The Labute approximate surface area is 158 Å². The fourth-order valence-electron chi connectivity index (χ4n) is 3.13. The van der Waals surface area contributed by atoms with Crippen LogP contribution in [-0.4, -0.2) is 37.3 Å². The van der Waals surface area contributed by atoms with Crippen molar-refractivity contribution in [3.8, 4) is 5.75 Å². The highest BCUT2D eigenvalue weighted by atomic mass is 16.5. The number of azo groups is 1. The summed E-state index contributed by atoms with van der Waals surface area (Å²) in [7, 11) is 0. The standard InChI is InChI=1S/C22H32N3O/c1-4-25(5-2,6-3)17-10-11-18-26-22-16-12-15-21(19-22)24-23-20-13-8-7-9-14-20/h7-9,12-16,19H,4-6,10-11,17-18H2,1-3H3/q+1. The van der Waals surface area contributed by atoms with Crippen molar-refractivity contribution in [2.45, 2.75) is 33.6 Å². The summed E-state index contributed by atoms with van der Waals surface area (Å²) in [4.78, 5) is 0. The van der Waals surface area contributed by atoms with Crippen LogP contribution in [0, 0.1) is 0 Å². The monoisotopic (exact) mass is 354 g/mol. The van der Waals surface area contributed by atoms with Crippen LogP contribution in [-0.2, 0) is 0 Å². The maximum atomic E-state index is 5.91. The Bertz CT molecular complexity index is 658. The van der Waals surface area contributed by atoms with E-state index in [-0.39, 0.29) is 0 Å². The lowest BCUT2D eigenvalue weighted by Gasteiger charge is -2.35. The normalized spacial score (nSPS) is 11.8. The van der Waals surface area contributed by atoms with Crippen LogP contribution in [0.15, 0.2) is 64.8 Å². The number of ether oxygens (including phenoxy) is 1. The van der Waals surface area contributed by atoms with E-state index in [9.17, 15) is 0 Å². The largest absolute Gasteiger partial charge is 0.494 e. The number of benzene rings is 2. The highest BCUT2D eigenvalue weighted by molar-refractivity contribution is 5.44. The first-order valence-electron chi connectivity index (χ1n) is 9.76. The first-order valence-corrected chi connectivity index (χ1v) is 9.76. The molecule has 0 radical (unpaired) electrons. The molecule has 0 saturated carbocycles. The van der Waals surface area contributed by atoms with Crippen molar-refractivity contribution in [1.82, 2.24) is 0 Å². The summed E-state index contributed by atoms with van der Waals surface area (Å²) in [5.41, 5.74) is 1.66. The van der Waals surface area contributed by atoms with Gasteiger partial charge in [-0.05, 0) is 57.9 Å². The van der Waals surface area contributed by atoms with E-state index >= 15 is 0 Å². The van der Waals surface area contributed by atoms with Crippen molar-refractivity contribution in [1.29, 1.82) is 0 Å². The lowest BCUT2D eigenvalue weighted by molar-refractivity contribution is -0.923. The Morgan fingerprint density at radius 1 is 0.769 bits per heavy atom. The molecule has 0 aliphatic rings. The van der Waals surface area contributed by atoms with Gasteiger partial charge in [0.2, 0.25) is 0 Å². The number of hydrogen-bond acceptors (Lipinski definition) is 3. The Kier molecular flexibility index (Phi) is 8.29. The molecule has 0 fully saturated rings. The predicted octanol–water partition coefficient (Wildman–Crippen LogP) is 6.14. The van der Waals surface area contributed by atoms with E-state index in [2.05, 4.69) is 31.0 Å². The van der Waals surface area contributed by atoms with Crippen molar-refractivity contribution >= 4 is 11.4 Å². The number of hydrogen-bond donors (Lipinski definition) is 0. The van der Waals surface area contributed by atoms with Crippen molar-refractivity contribution in [2.75, 3.05) is 32.8 Å². The number of quaternary nitrogens is 1. The third kappa shape index (κ3) is 6.26. The topological polar surface area (TPSA) is 34.0 Å². The first-order chi connectivity index (χ1) is 12.7. The van der Waals surface area contributed by atoms with E-state index in [4.69, 9.17) is 4.74 Å². The SMILES string of the molecule is CC[N+](CC)(CC)CCCCOc1cccc(N=Nc2ccccc2)c1. The minimum Gasteiger partial charge on any atom is -0.494 e. The summed E-state index contributed by atoms with van der Waals surface area (Å²) >= 11 is 0. The van der Waals surface area contributed by atoms with Gasteiger partial charge in [-0.2, -0.15) is 10.2 Å². The average molecular weight is 355 g/mol. The minimum atomic E-state index is 0.746. The van der Waals surface area contributed by atoms with Gasteiger partial charge < -0.3 is 9.22 Å². The summed E-state index contributed by atoms with van der Waals surface area (Å²) in [6.45, 7) is 12.5. The van der Waals surface area contributed by atoms with Crippen molar-refractivity contribution in [3.63, 3.8) is 0 Å². The number of rotatable bonds is 11. The van der Waals surface area contributed by atoms with Crippen molar-refractivity contribution in [3.05, 3.63) is 54.6 Å². The Hall–Kier alpha value is -2.20. The van der Waals surface area contributed by atoms with Crippen LogP contribution in [0.2, 0.25) is 0 Å². The molecule has 0 unspecified atom stereocenters. The zero-order chi connectivity index (χ0) is 18.7. The van der Waals surface area contributed by atoms with Crippen LogP contribution in [0.3, 0.4) is 0 Å². The van der Waals surface area contributed by atoms with Crippen LogP contribution in [0.1, 0.15) is 33.6 Å². The highest BCUT2D eigenvalue weighted by Gasteiger charge is 2.19. The zero-order valence-electron chi connectivity index (χ0n) is 16.4. The van der Waals surface area contributed by atoms with Gasteiger partial charge in [-0.25, -0.2) is 0 Å². The molecule has 4 nitrogen and oxygen atoms in total. The molecule has 0 amide bonds. The molecule has 0 atom stereocenters. The fourth-order valence-corrected chi connectivity index (χ4v) is 3.13. The molecule has 4 heteroatoms. The lowest BCUT2D eigenvalue weighted by atomic mass is 10.2. The maximum absolute atomic E-state index is 5.91. The van der Waals surface area contributed by atoms with Crippen LogP contribution in [0.5, 0.6) is 5.75 Å². The van der Waals surface area contributed by atoms with E-state index in [1.54, 1.807) is 0 Å². The molecule has 0 N–H and O–H groups in total. The highest BCUT2D eigenvalue weighted by Crippen LogP contribution is 2.22. The second-order valence-electron chi connectivity index (χ2n) is 6.60. The molecule has 0 bridgehead atoms. The number of nitrogens with zero attached hydrogens (tertiary/aromatic N) is 3. The van der Waals surface area contributed by atoms with Gasteiger partial charge in [0.25, 0.3) is 0 Å². The predicted molar refractivity (Wildman–Crippen MR) is 109 cm³/mol. The summed E-state index contributed by atoms with van der Waals surface area (Å²) in [5.74, 6) is 0.858. The fraction of sp³-hybridized carbons (Fsp3) is 0.455. The van der Waals surface area contributed by atoms with E-state index in [0.29, 0.717) is 0 Å². The zero-order valence-corrected chi connectivity index (χ0v) is 16.4. The van der Waals surface area contributed by atoms with Gasteiger partial charge in [0.15, 0.2) is 0 Å². The van der Waals surface area contributed by atoms with Gasteiger partial charge in [-0.1, -0.05) is 24.3 Å².